The zero-order valence-electron chi connectivity index (χ0n) is 12.8. The van der Waals surface area contributed by atoms with Gasteiger partial charge in [-0.1, -0.05) is 55.0 Å². The topological polar surface area (TPSA) is 21.3 Å². The summed E-state index contributed by atoms with van der Waals surface area (Å²) in [5.74, 6) is 1.02. The first kappa shape index (κ1) is 14.2. The highest BCUT2D eigenvalue weighted by molar-refractivity contribution is 5.39. The van der Waals surface area contributed by atoms with Gasteiger partial charge in [-0.3, -0.25) is 0 Å². The average Bonchev–Trinajstić information content (AvgIpc) is 2.53. The molecule has 2 heteroatoms. The maximum absolute atomic E-state index is 6.23. The number of aryl methyl sites for hydroxylation is 1. The van der Waals surface area contributed by atoms with Gasteiger partial charge >= 0.3 is 0 Å². The van der Waals surface area contributed by atoms with Crippen molar-refractivity contribution in [1.29, 1.82) is 0 Å². The van der Waals surface area contributed by atoms with Crippen LogP contribution in [0.3, 0.4) is 0 Å². The quantitative estimate of drug-likeness (QED) is 0.887. The number of ether oxygens (including phenoxy) is 1. The van der Waals surface area contributed by atoms with Crippen LogP contribution in [-0.4, -0.2) is 6.54 Å². The van der Waals surface area contributed by atoms with E-state index in [0.717, 1.165) is 25.1 Å². The molecule has 0 aliphatic carbocycles. The third-order valence-corrected chi connectivity index (χ3v) is 4.10. The van der Waals surface area contributed by atoms with E-state index in [1.165, 1.54) is 16.7 Å². The molecule has 0 amide bonds. The first-order valence-corrected chi connectivity index (χ1v) is 7.83. The molecule has 2 aromatic carbocycles. The van der Waals surface area contributed by atoms with Crippen LogP contribution in [0.4, 0.5) is 0 Å². The van der Waals surface area contributed by atoms with E-state index >= 15 is 0 Å². The van der Waals surface area contributed by atoms with Gasteiger partial charge in [0.25, 0.3) is 0 Å². The molecule has 0 aromatic heterocycles. The van der Waals surface area contributed by atoms with E-state index in [2.05, 4.69) is 61.6 Å². The van der Waals surface area contributed by atoms with Gasteiger partial charge in [0, 0.05) is 18.0 Å². The smallest absolute Gasteiger partial charge is 0.126 e. The van der Waals surface area contributed by atoms with Crippen LogP contribution in [-0.2, 0) is 0 Å². The number of fused-ring (bicyclic) bond motifs is 1. The predicted molar refractivity (Wildman–Crippen MR) is 86.6 cm³/mol. The van der Waals surface area contributed by atoms with Crippen LogP contribution in [0, 0.1) is 6.92 Å². The number of benzene rings is 2. The van der Waals surface area contributed by atoms with Crippen molar-refractivity contribution in [3.63, 3.8) is 0 Å². The summed E-state index contributed by atoms with van der Waals surface area (Å²) in [6.45, 7) is 5.36. The van der Waals surface area contributed by atoms with Gasteiger partial charge in [0.15, 0.2) is 0 Å². The van der Waals surface area contributed by atoms with Crippen LogP contribution >= 0.6 is 0 Å². The maximum atomic E-state index is 6.23. The third-order valence-electron chi connectivity index (χ3n) is 4.10. The standard InChI is InChI=1S/C19H23NO/c1-3-12-20-17-13-19(15-10-8-14(2)9-11-15)21-18-7-5-4-6-16(17)18/h4-11,17,19-20H,3,12-13H2,1-2H3. The first-order valence-electron chi connectivity index (χ1n) is 7.83. The molecule has 2 unspecified atom stereocenters. The van der Waals surface area contributed by atoms with Gasteiger partial charge in [0.1, 0.15) is 11.9 Å². The number of para-hydroxylation sites is 1. The Kier molecular flexibility index (Phi) is 4.26. The molecule has 0 saturated heterocycles. The molecule has 2 nitrogen and oxygen atoms in total. The van der Waals surface area contributed by atoms with E-state index in [9.17, 15) is 0 Å². The fourth-order valence-corrected chi connectivity index (χ4v) is 2.92. The Labute approximate surface area is 127 Å². The maximum Gasteiger partial charge on any atom is 0.126 e. The van der Waals surface area contributed by atoms with Crippen molar-refractivity contribution in [2.24, 2.45) is 0 Å². The molecule has 110 valence electrons. The minimum Gasteiger partial charge on any atom is -0.485 e. The summed E-state index contributed by atoms with van der Waals surface area (Å²) in [6.07, 6.45) is 2.27. The average molecular weight is 281 g/mol. The molecule has 0 bridgehead atoms. The Balaban J connectivity index is 1.87. The lowest BCUT2D eigenvalue weighted by Crippen LogP contribution is -2.29. The Hall–Kier alpha value is -1.80. The predicted octanol–water partition coefficient (Wildman–Crippen LogP) is 4.56. The highest BCUT2D eigenvalue weighted by Gasteiger charge is 2.28. The zero-order chi connectivity index (χ0) is 14.7. The monoisotopic (exact) mass is 281 g/mol. The molecule has 0 fully saturated rings. The van der Waals surface area contributed by atoms with Crippen LogP contribution in [0.25, 0.3) is 0 Å². The second kappa shape index (κ2) is 6.31. The second-order valence-corrected chi connectivity index (χ2v) is 5.80. The third kappa shape index (κ3) is 3.11. The summed E-state index contributed by atoms with van der Waals surface area (Å²) in [7, 11) is 0. The van der Waals surface area contributed by atoms with E-state index in [1.54, 1.807) is 0 Å². The van der Waals surface area contributed by atoms with Crippen LogP contribution < -0.4 is 10.1 Å². The van der Waals surface area contributed by atoms with E-state index in [-0.39, 0.29) is 6.10 Å². The lowest BCUT2D eigenvalue weighted by molar-refractivity contribution is 0.151. The van der Waals surface area contributed by atoms with Gasteiger partial charge < -0.3 is 10.1 Å². The summed E-state index contributed by atoms with van der Waals surface area (Å²) in [6, 6.07) is 17.5. The molecule has 0 spiro atoms. The zero-order valence-corrected chi connectivity index (χ0v) is 12.8. The van der Waals surface area contributed by atoms with Crippen molar-refractivity contribution in [1.82, 2.24) is 5.32 Å². The molecule has 21 heavy (non-hydrogen) atoms. The molecular weight excluding hydrogens is 258 g/mol. The number of hydrogen-bond donors (Lipinski definition) is 1. The number of nitrogens with one attached hydrogen (secondary N) is 1. The molecule has 2 atom stereocenters. The Morgan fingerprint density at radius 3 is 2.62 bits per heavy atom. The van der Waals surface area contributed by atoms with Crippen molar-refractivity contribution < 1.29 is 4.74 Å². The Bertz CT molecular complexity index is 591. The molecule has 0 saturated carbocycles. The van der Waals surface area contributed by atoms with Crippen LogP contribution in [0.2, 0.25) is 0 Å². The Morgan fingerprint density at radius 1 is 1.10 bits per heavy atom. The highest BCUT2D eigenvalue weighted by atomic mass is 16.5. The van der Waals surface area contributed by atoms with Gasteiger partial charge in [-0.2, -0.15) is 0 Å². The van der Waals surface area contributed by atoms with Crippen LogP contribution in [0.15, 0.2) is 48.5 Å². The molecule has 1 heterocycles. The normalized spacial score (nSPS) is 20.7. The molecule has 1 aliphatic rings. The minimum absolute atomic E-state index is 0.134. The summed E-state index contributed by atoms with van der Waals surface area (Å²) in [5, 5.41) is 3.66. The molecule has 1 N–H and O–H groups in total. The number of rotatable bonds is 4. The van der Waals surface area contributed by atoms with Gasteiger partial charge in [-0.25, -0.2) is 0 Å². The summed E-state index contributed by atoms with van der Waals surface area (Å²) >= 11 is 0. The summed E-state index contributed by atoms with van der Waals surface area (Å²) < 4.78 is 6.23. The molecule has 2 aromatic rings. The lowest BCUT2D eigenvalue weighted by atomic mass is 9.92. The second-order valence-electron chi connectivity index (χ2n) is 5.80. The fraction of sp³-hybridized carbons (Fsp3) is 0.368. The van der Waals surface area contributed by atoms with Crippen molar-refractivity contribution >= 4 is 0 Å². The van der Waals surface area contributed by atoms with Crippen molar-refractivity contribution in [3.8, 4) is 5.75 Å². The molecule has 1 aliphatic heterocycles. The first-order chi connectivity index (χ1) is 10.3. The van der Waals surface area contributed by atoms with Crippen molar-refractivity contribution in [3.05, 3.63) is 65.2 Å². The van der Waals surface area contributed by atoms with Crippen molar-refractivity contribution in [2.75, 3.05) is 6.54 Å². The minimum atomic E-state index is 0.134. The summed E-state index contributed by atoms with van der Waals surface area (Å²) in [4.78, 5) is 0. The summed E-state index contributed by atoms with van der Waals surface area (Å²) in [5.41, 5.74) is 3.84. The number of hydrogen-bond acceptors (Lipinski definition) is 2. The largest absolute Gasteiger partial charge is 0.485 e. The van der Waals surface area contributed by atoms with Crippen molar-refractivity contribution in [2.45, 2.75) is 38.8 Å². The van der Waals surface area contributed by atoms with E-state index in [0.29, 0.717) is 6.04 Å². The Morgan fingerprint density at radius 2 is 1.86 bits per heavy atom. The van der Waals surface area contributed by atoms with Gasteiger partial charge in [-0.15, -0.1) is 0 Å². The van der Waals surface area contributed by atoms with E-state index in [4.69, 9.17) is 4.74 Å². The fourth-order valence-electron chi connectivity index (χ4n) is 2.92. The van der Waals surface area contributed by atoms with E-state index < -0.39 is 0 Å². The van der Waals surface area contributed by atoms with Crippen LogP contribution in [0.1, 0.15) is 48.6 Å². The molecule has 0 radical (unpaired) electrons. The molecular formula is C19H23NO. The van der Waals surface area contributed by atoms with Gasteiger partial charge in [0.2, 0.25) is 0 Å². The van der Waals surface area contributed by atoms with Gasteiger partial charge in [0.05, 0.1) is 0 Å². The van der Waals surface area contributed by atoms with Crippen LogP contribution in [0.5, 0.6) is 5.75 Å². The lowest BCUT2D eigenvalue weighted by Gasteiger charge is -2.33. The van der Waals surface area contributed by atoms with Gasteiger partial charge in [-0.05, 0) is 31.5 Å². The highest BCUT2D eigenvalue weighted by Crippen LogP contribution is 2.40. The molecule has 3 rings (SSSR count). The SMILES string of the molecule is CCCNC1CC(c2ccc(C)cc2)Oc2ccccc21. The van der Waals surface area contributed by atoms with E-state index in [1.807, 2.05) is 6.07 Å².